The predicted molar refractivity (Wildman–Crippen MR) is 121 cm³/mol. The maximum Gasteiger partial charge on any atom is 0.194 e. The van der Waals surface area contributed by atoms with E-state index in [0.29, 0.717) is 6.61 Å². The molecule has 0 amide bonds. The number of benzene rings is 1. The number of ether oxygens (including phenoxy) is 2. The third-order valence-electron chi connectivity index (χ3n) is 4.04. The number of nitrogens with one attached hydrogen (secondary N) is 1. The van der Waals surface area contributed by atoms with E-state index in [1.165, 1.54) is 5.69 Å². The van der Waals surface area contributed by atoms with Crippen LogP contribution in [0.25, 0.3) is 0 Å². The van der Waals surface area contributed by atoms with Gasteiger partial charge in [-0.1, -0.05) is 0 Å². The minimum absolute atomic E-state index is 0. The van der Waals surface area contributed by atoms with Crippen molar-refractivity contribution in [2.45, 2.75) is 19.9 Å². The maximum absolute atomic E-state index is 5.75. The van der Waals surface area contributed by atoms with Crippen LogP contribution < -0.4 is 14.8 Å². The summed E-state index contributed by atoms with van der Waals surface area (Å²) in [7, 11) is 5.77. The highest BCUT2D eigenvalue weighted by Crippen LogP contribution is 2.17. The second kappa shape index (κ2) is 12.5. The molecule has 1 aromatic carbocycles. The molecule has 2 aromatic rings. The lowest BCUT2D eigenvalue weighted by atomic mass is 10.3. The molecule has 0 unspecified atom stereocenters. The Morgan fingerprint density at radius 3 is 2.48 bits per heavy atom. The number of guanidine groups is 1. The summed E-state index contributed by atoms with van der Waals surface area (Å²) < 4.78 is 13.0. The Morgan fingerprint density at radius 1 is 1.19 bits per heavy atom. The second-order valence-electron chi connectivity index (χ2n) is 6.08. The summed E-state index contributed by atoms with van der Waals surface area (Å²) in [5.74, 6) is 2.60. The van der Waals surface area contributed by atoms with Crippen molar-refractivity contribution in [3.63, 3.8) is 0 Å². The lowest BCUT2D eigenvalue weighted by Gasteiger charge is -2.22. The highest BCUT2D eigenvalue weighted by Gasteiger charge is 2.08. The van der Waals surface area contributed by atoms with Crippen LogP contribution in [-0.4, -0.2) is 49.3 Å². The van der Waals surface area contributed by atoms with E-state index >= 15 is 0 Å². The number of aromatic nitrogens is 1. The highest BCUT2D eigenvalue weighted by atomic mass is 127. The topological polar surface area (TPSA) is 51.0 Å². The predicted octanol–water partition coefficient (Wildman–Crippen LogP) is 3.52. The highest BCUT2D eigenvalue weighted by molar-refractivity contribution is 14.0. The molecule has 6 nitrogen and oxygen atoms in total. The molecule has 1 aromatic heterocycles. The van der Waals surface area contributed by atoms with Crippen molar-refractivity contribution in [3.05, 3.63) is 48.3 Å². The Labute approximate surface area is 179 Å². The molecule has 0 radical (unpaired) electrons. The van der Waals surface area contributed by atoms with Gasteiger partial charge in [0.1, 0.15) is 11.5 Å². The van der Waals surface area contributed by atoms with E-state index in [-0.39, 0.29) is 24.0 Å². The van der Waals surface area contributed by atoms with Gasteiger partial charge in [0.2, 0.25) is 0 Å². The fourth-order valence-electron chi connectivity index (χ4n) is 2.56. The van der Waals surface area contributed by atoms with Gasteiger partial charge in [-0.3, -0.25) is 4.99 Å². The van der Waals surface area contributed by atoms with Crippen LogP contribution in [0.1, 0.15) is 19.0 Å². The second-order valence-corrected chi connectivity index (χ2v) is 6.08. The van der Waals surface area contributed by atoms with E-state index in [0.717, 1.165) is 43.5 Å². The number of hydrogen-bond acceptors (Lipinski definition) is 3. The Bertz CT molecular complexity index is 686. The van der Waals surface area contributed by atoms with Crippen molar-refractivity contribution >= 4 is 29.9 Å². The third-order valence-corrected chi connectivity index (χ3v) is 4.04. The van der Waals surface area contributed by atoms with Crippen LogP contribution in [0.4, 0.5) is 0 Å². The van der Waals surface area contributed by atoms with E-state index in [4.69, 9.17) is 14.5 Å². The Balaban J connectivity index is 0.00000364. The van der Waals surface area contributed by atoms with E-state index in [2.05, 4.69) is 54.1 Å². The van der Waals surface area contributed by atoms with E-state index in [9.17, 15) is 0 Å². The van der Waals surface area contributed by atoms with Gasteiger partial charge < -0.3 is 24.3 Å². The van der Waals surface area contributed by atoms with Crippen LogP contribution in [0, 0.1) is 0 Å². The molecule has 2 rings (SSSR count). The molecule has 0 aliphatic carbocycles. The number of nitrogens with zero attached hydrogens (tertiary/aromatic N) is 3. The van der Waals surface area contributed by atoms with Gasteiger partial charge in [-0.15, -0.1) is 24.0 Å². The minimum atomic E-state index is 0. The quantitative estimate of drug-likeness (QED) is 0.255. The summed E-state index contributed by atoms with van der Waals surface area (Å²) in [5.41, 5.74) is 1.25. The molecule has 0 saturated carbocycles. The first kappa shape index (κ1) is 23.1. The molecule has 0 bridgehead atoms. The van der Waals surface area contributed by atoms with E-state index in [1.54, 1.807) is 7.11 Å². The van der Waals surface area contributed by atoms with Crippen LogP contribution in [0.5, 0.6) is 11.5 Å². The fraction of sp³-hybridized carbons (Fsp3) is 0.450. The molecule has 1 heterocycles. The van der Waals surface area contributed by atoms with Crippen LogP contribution >= 0.6 is 24.0 Å². The molecule has 0 aliphatic rings. The standard InChI is InChI=1S/C20H30N4O2.HI/c1-5-21-20(24(3)16-17-8-6-14-23(17)2)22-13-7-15-26-19-11-9-18(25-4)10-12-19;/h6,8-12,14H,5,7,13,15-16H2,1-4H3,(H,21,22);1H. The Hall–Kier alpha value is -1.90. The Kier molecular flexibility index (Phi) is 10.7. The molecule has 150 valence electrons. The zero-order valence-corrected chi connectivity index (χ0v) is 19.0. The average Bonchev–Trinajstić information content (AvgIpc) is 3.05. The zero-order chi connectivity index (χ0) is 18.8. The molecule has 7 heteroatoms. The molecular weight excluding hydrogens is 455 g/mol. The first-order valence-corrected chi connectivity index (χ1v) is 9.00. The average molecular weight is 486 g/mol. The van der Waals surface area contributed by atoms with Crippen LogP contribution in [-0.2, 0) is 13.6 Å². The fourth-order valence-corrected chi connectivity index (χ4v) is 2.56. The molecule has 27 heavy (non-hydrogen) atoms. The molecule has 0 aliphatic heterocycles. The summed E-state index contributed by atoms with van der Waals surface area (Å²) in [6, 6.07) is 11.8. The van der Waals surface area contributed by atoms with Gasteiger partial charge in [0.15, 0.2) is 5.96 Å². The smallest absolute Gasteiger partial charge is 0.194 e. The summed E-state index contributed by atoms with van der Waals surface area (Å²) in [4.78, 5) is 6.85. The molecular formula is C20H31IN4O2. The van der Waals surface area contributed by atoms with Crippen LogP contribution in [0.3, 0.4) is 0 Å². The van der Waals surface area contributed by atoms with Crippen LogP contribution in [0.15, 0.2) is 47.6 Å². The molecule has 0 fully saturated rings. The summed E-state index contributed by atoms with van der Waals surface area (Å²) in [6.45, 7) is 5.10. The third kappa shape index (κ3) is 7.70. The number of methoxy groups -OCH3 is 1. The number of aliphatic imine (C=N–C) groups is 1. The first-order valence-electron chi connectivity index (χ1n) is 9.00. The largest absolute Gasteiger partial charge is 0.497 e. The monoisotopic (exact) mass is 486 g/mol. The number of hydrogen-bond donors (Lipinski definition) is 1. The van der Waals surface area contributed by atoms with Gasteiger partial charge in [-0.2, -0.15) is 0 Å². The summed E-state index contributed by atoms with van der Waals surface area (Å²) in [6.07, 6.45) is 2.92. The van der Waals surface area contributed by atoms with Gasteiger partial charge in [0.05, 0.1) is 20.3 Å². The van der Waals surface area contributed by atoms with Gasteiger partial charge in [-0.25, -0.2) is 0 Å². The van der Waals surface area contributed by atoms with Crippen molar-refractivity contribution in [1.82, 2.24) is 14.8 Å². The van der Waals surface area contributed by atoms with Gasteiger partial charge in [0, 0.05) is 45.5 Å². The summed E-state index contributed by atoms with van der Waals surface area (Å²) in [5, 5.41) is 3.35. The number of halogens is 1. The molecule has 1 N–H and O–H groups in total. The van der Waals surface area contributed by atoms with E-state index < -0.39 is 0 Å². The number of aryl methyl sites for hydroxylation is 1. The van der Waals surface area contributed by atoms with Crippen molar-refractivity contribution in [3.8, 4) is 11.5 Å². The van der Waals surface area contributed by atoms with E-state index in [1.807, 2.05) is 24.3 Å². The van der Waals surface area contributed by atoms with Crippen molar-refractivity contribution in [2.24, 2.45) is 12.0 Å². The van der Waals surface area contributed by atoms with Gasteiger partial charge >= 0.3 is 0 Å². The lowest BCUT2D eigenvalue weighted by Crippen LogP contribution is -2.39. The lowest BCUT2D eigenvalue weighted by molar-refractivity contribution is 0.312. The SMILES string of the molecule is CCNC(=NCCCOc1ccc(OC)cc1)N(C)Cc1cccn1C.I. The van der Waals surface area contributed by atoms with Crippen molar-refractivity contribution in [2.75, 3.05) is 33.9 Å². The molecule has 0 spiro atoms. The maximum atomic E-state index is 5.75. The summed E-state index contributed by atoms with van der Waals surface area (Å²) >= 11 is 0. The zero-order valence-electron chi connectivity index (χ0n) is 16.6. The van der Waals surface area contributed by atoms with Crippen LogP contribution in [0.2, 0.25) is 0 Å². The first-order chi connectivity index (χ1) is 12.6. The minimum Gasteiger partial charge on any atom is -0.497 e. The molecule has 0 atom stereocenters. The molecule has 0 saturated heterocycles. The normalized spacial score (nSPS) is 10.9. The Morgan fingerprint density at radius 2 is 1.89 bits per heavy atom. The van der Waals surface area contributed by atoms with Crippen molar-refractivity contribution in [1.29, 1.82) is 0 Å². The van der Waals surface area contributed by atoms with Gasteiger partial charge in [-0.05, 0) is 43.3 Å². The van der Waals surface area contributed by atoms with Crippen molar-refractivity contribution < 1.29 is 9.47 Å². The number of rotatable bonds is 9. The van der Waals surface area contributed by atoms with Gasteiger partial charge in [0.25, 0.3) is 0 Å².